The van der Waals surface area contributed by atoms with Crippen LogP contribution >= 0.6 is 11.6 Å². The lowest BCUT2D eigenvalue weighted by molar-refractivity contribution is -0.00246. The number of nitrogens with zero attached hydrogens (tertiary/aromatic N) is 2. The second kappa shape index (κ2) is 5.30. The molecular formula is C11H16ClN3Si. The smallest absolute Gasteiger partial charge is 0.255 e. The molecule has 0 aromatic heterocycles. The van der Waals surface area contributed by atoms with Crippen LogP contribution in [0, 0.1) is 0 Å². The summed E-state index contributed by atoms with van der Waals surface area (Å²) in [6.07, 6.45) is 0. The van der Waals surface area contributed by atoms with Gasteiger partial charge in [0.05, 0.1) is 0 Å². The van der Waals surface area contributed by atoms with E-state index in [0.717, 1.165) is 11.0 Å². The third kappa shape index (κ3) is 3.81. The highest BCUT2D eigenvalue weighted by molar-refractivity contribution is 7.03. The molecule has 0 radical (unpaired) electrons. The molecule has 0 aliphatic carbocycles. The second-order valence-electron chi connectivity index (χ2n) is 4.66. The van der Waals surface area contributed by atoms with Crippen molar-refractivity contribution < 1.29 is 4.79 Å². The van der Waals surface area contributed by atoms with Crippen LogP contribution in [0.2, 0.25) is 24.7 Å². The highest BCUT2D eigenvalue weighted by Crippen LogP contribution is 2.13. The van der Waals surface area contributed by atoms with E-state index in [1.807, 2.05) is 24.3 Å². The first-order valence-corrected chi connectivity index (χ1v) is 9.02. The molecule has 0 saturated heterocycles. The zero-order chi connectivity index (χ0) is 12.2. The van der Waals surface area contributed by atoms with Gasteiger partial charge in [0.2, 0.25) is 0 Å². The van der Waals surface area contributed by atoms with Crippen molar-refractivity contribution >= 4 is 30.7 Å². The first-order valence-electron chi connectivity index (χ1n) is 5.14. The number of benzene rings is 1. The average molecular weight is 254 g/mol. The summed E-state index contributed by atoms with van der Waals surface area (Å²) < 4.78 is 0. The molecule has 0 unspecified atom stereocenters. The lowest BCUT2D eigenvalue weighted by Gasteiger charge is -2.11. The normalized spacial score (nSPS) is 10.8. The molecule has 0 heterocycles. The van der Waals surface area contributed by atoms with Crippen LogP contribution in [0.25, 0.3) is 5.53 Å². The summed E-state index contributed by atoms with van der Waals surface area (Å²) in [6.45, 7) is 7.01. The predicted octanol–water partition coefficient (Wildman–Crippen LogP) is 3.30. The maximum Gasteiger partial charge on any atom is 0.255 e. The number of nitrogens with one attached hydrogen (secondary N) is 1. The minimum Gasteiger partial charge on any atom is -0.375 e. The number of halogens is 1. The summed E-state index contributed by atoms with van der Waals surface area (Å²) in [5.41, 5.74) is 9.92. The van der Waals surface area contributed by atoms with Gasteiger partial charge < -0.3 is 10.8 Å². The topological polar surface area (TPSA) is 48.4 Å². The van der Waals surface area contributed by atoms with Crippen LogP contribution in [0.4, 0.5) is 5.69 Å². The Morgan fingerprint density at radius 3 is 2.31 bits per heavy atom. The van der Waals surface area contributed by atoms with Crippen LogP contribution in [0.3, 0.4) is 0 Å². The van der Waals surface area contributed by atoms with Gasteiger partial charge in [0.1, 0.15) is 6.54 Å². The SMILES string of the molecule is C[Si](C)(C)C(CNc1ccc(Cl)cc1)=[N+]=[N-]. The third-order valence-corrected chi connectivity index (χ3v) is 4.55. The number of rotatable bonds is 4. The third-order valence-electron chi connectivity index (χ3n) is 2.29. The standard InChI is InChI=1S/C11H16ClN3Si/c1-16(2,3)11(15-13)8-14-10-6-4-9(12)5-7-10/h4-7,14H,8H2,1-3H3. The van der Waals surface area contributed by atoms with Gasteiger partial charge in [-0.2, -0.15) is 4.79 Å². The molecule has 1 rings (SSSR count). The van der Waals surface area contributed by atoms with Crippen molar-refractivity contribution in [1.29, 1.82) is 0 Å². The van der Waals surface area contributed by atoms with E-state index in [0.29, 0.717) is 11.6 Å². The number of hydrogen-bond donors (Lipinski definition) is 1. The lowest BCUT2D eigenvalue weighted by atomic mass is 10.3. The minimum atomic E-state index is -1.54. The Labute approximate surface area is 102 Å². The maximum absolute atomic E-state index is 8.95. The largest absolute Gasteiger partial charge is 0.375 e. The van der Waals surface area contributed by atoms with Gasteiger partial charge in [0.15, 0.2) is 8.07 Å². The van der Waals surface area contributed by atoms with E-state index in [1.165, 1.54) is 0 Å². The van der Waals surface area contributed by atoms with Crippen molar-refractivity contribution in [3.8, 4) is 0 Å². The highest BCUT2D eigenvalue weighted by Gasteiger charge is 2.29. The van der Waals surface area contributed by atoms with Gasteiger partial charge >= 0.3 is 0 Å². The van der Waals surface area contributed by atoms with Crippen molar-refractivity contribution in [2.45, 2.75) is 19.6 Å². The predicted molar refractivity (Wildman–Crippen MR) is 71.9 cm³/mol. The fourth-order valence-corrected chi connectivity index (χ4v) is 2.25. The number of hydrogen-bond acceptors (Lipinski definition) is 1. The van der Waals surface area contributed by atoms with Crippen LogP contribution in [0.15, 0.2) is 24.3 Å². The van der Waals surface area contributed by atoms with E-state index in [-0.39, 0.29) is 0 Å². The molecule has 0 fully saturated rings. The van der Waals surface area contributed by atoms with Crippen LogP contribution in [0.1, 0.15) is 0 Å². The summed E-state index contributed by atoms with van der Waals surface area (Å²) in [7, 11) is -1.54. The molecule has 0 atom stereocenters. The Morgan fingerprint density at radius 1 is 1.31 bits per heavy atom. The zero-order valence-corrected chi connectivity index (χ0v) is 11.5. The van der Waals surface area contributed by atoms with Crippen molar-refractivity contribution in [2.75, 3.05) is 11.9 Å². The molecule has 3 nitrogen and oxygen atoms in total. The summed E-state index contributed by atoms with van der Waals surface area (Å²) in [6, 6.07) is 7.46. The Kier molecular flexibility index (Phi) is 4.30. The molecular weight excluding hydrogens is 238 g/mol. The Balaban J connectivity index is 2.64. The molecule has 1 aromatic rings. The van der Waals surface area contributed by atoms with Gasteiger partial charge in [-0.05, 0) is 24.3 Å². The monoisotopic (exact) mass is 253 g/mol. The van der Waals surface area contributed by atoms with Crippen LogP contribution < -0.4 is 5.32 Å². The fourth-order valence-electron chi connectivity index (χ4n) is 1.20. The molecule has 5 heteroatoms. The molecule has 0 spiro atoms. The van der Waals surface area contributed by atoms with E-state index in [1.54, 1.807) is 0 Å². The molecule has 1 aromatic carbocycles. The summed E-state index contributed by atoms with van der Waals surface area (Å²) in [5, 5.41) is 4.78. The first-order chi connectivity index (χ1) is 7.43. The molecule has 16 heavy (non-hydrogen) atoms. The van der Waals surface area contributed by atoms with Gasteiger partial charge in [-0.15, -0.1) is 0 Å². The van der Waals surface area contributed by atoms with Gasteiger partial charge in [0, 0.05) is 10.7 Å². The van der Waals surface area contributed by atoms with Crippen molar-refractivity contribution in [3.05, 3.63) is 34.8 Å². The first kappa shape index (κ1) is 13.0. The average Bonchev–Trinajstić information content (AvgIpc) is 2.19. The summed E-state index contributed by atoms with van der Waals surface area (Å²) in [4.78, 5) is 3.38. The van der Waals surface area contributed by atoms with Gasteiger partial charge in [-0.25, -0.2) is 0 Å². The highest BCUT2D eigenvalue weighted by atomic mass is 35.5. The van der Waals surface area contributed by atoms with Gasteiger partial charge in [-0.3, -0.25) is 0 Å². The Morgan fingerprint density at radius 2 is 1.88 bits per heavy atom. The van der Waals surface area contributed by atoms with E-state index >= 15 is 0 Å². The van der Waals surface area contributed by atoms with Gasteiger partial charge in [-0.1, -0.05) is 31.2 Å². The zero-order valence-electron chi connectivity index (χ0n) is 9.79. The van der Waals surface area contributed by atoms with E-state index in [2.05, 4.69) is 29.7 Å². The fraction of sp³-hybridized carbons (Fsp3) is 0.364. The second-order valence-corrected chi connectivity index (χ2v) is 10.2. The van der Waals surface area contributed by atoms with Crippen molar-refractivity contribution in [1.82, 2.24) is 0 Å². The Bertz CT molecular complexity index is 402. The van der Waals surface area contributed by atoms with E-state index in [4.69, 9.17) is 17.1 Å². The molecule has 0 aliphatic heterocycles. The van der Waals surface area contributed by atoms with E-state index in [9.17, 15) is 0 Å². The van der Waals surface area contributed by atoms with Gasteiger partial charge in [0.25, 0.3) is 5.33 Å². The molecule has 0 amide bonds. The van der Waals surface area contributed by atoms with Crippen LogP contribution in [-0.2, 0) is 0 Å². The molecule has 0 bridgehead atoms. The van der Waals surface area contributed by atoms with Crippen molar-refractivity contribution in [2.24, 2.45) is 0 Å². The van der Waals surface area contributed by atoms with Crippen molar-refractivity contribution in [3.63, 3.8) is 0 Å². The molecule has 1 N–H and O–H groups in total. The quantitative estimate of drug-likeness (QED) is 0.381. The summed E-state index contributed by atoms with van der Waals surface area (Å²) >= 11 is 5.79. The summed E-state index contributed by atoms with van der Waals surface area (Å²) in [5.74, 6) is 0. The maximum atomic E-state index is 8.95. The van der Waals surface area contributed by atoms with E-state index < -0.39 is 8.07 Å². The number of anilines is 1. The molecule has 0 aliphatic rings. The lowest BCUT2D eigenvalue weighted by Crippen LogP contribution is -2.39. The van der Waals surface area contributed by atoms with Crippen LogP contribution in [-0.4, -0.2) is 24.7 Å². The van der Waals surface area contributed by atoms with Crippen LogP contribution in [0.5, 0.6) is 0 Å². The molecule has 86 valence electrons. The molecule has 0 saturated carbocycles. The minimum absolute atomic E-state index is 0.577. The Hall–Kier alpha value is -1.09.